The fraction of sp³-hybridized carbons (Fsp3) is 0.233. The molecule has 3 heterocycles. The highest BCUT2D eigenvalue weighted by molar-refractivity contribution is 7.10. The lowest BCUT2D eigenvalue weighted by Gasteiger charge is -2.23. The van der Waals surface area contributed by atoms with E-state index in [-0.39, 0.29) is 24.6 Å². The Bertz CT molecular complexity index is 1740. The number of allylic oxidation sites excluding steroid dienone is 1. The maximum absolute atomic E-state index is 13.7. The van der Waals surface area contributed by atoms with Gasteiger partial charge in [0.15, 0.2) is 16.3 Å². The Morgan fingerprint density at radius 2 is 1.88 bits per heavy atom. The fourth-order valence-corrected chi connectivity index (χ4v) is 6.27. The molecule has 5 rings (SSSR count). The van der Waals surface area contributed by atoms with Crippen molar-refractivity contribution >= 4 is 34.7 Å². The van der Waals surface area contributed by atoms with Crippen LogP contribution >= 0.6 is 22.7 Å². The third-order valence-corrected chi connectivity index (χ3v) is 8.11. The predicted molar refractivity (Wildman–Crippen MR) is 153 cm³/mol. The average Bonchev–Trinajstić information content (AvgIpc) is 3.57. The molecule has 0 saturated heterocycles. The summed E-state index contributed by atoms with van der Waals surface area (Å²) in [4.78, 5) is 32.7. The lowest BCUT2D eigenvalue weighted by atomic mass is 10.0. The van der Waals surface area contributed by atoms with Crippen molar-refractivity contribution in [1.82, 2.24) is 4.57 Å². The normalized spacial score (nSPS) is 15.0. The third-order valence-electron chi connectivity index (χ3n) is 6.20. The van der Waals surface area contributed by atoms with Crippen LogP contribution in [0.25, 0.3) is 6.08 Å². The van der Waals surface area contributed by atoms with Gasteiger partial charge in [0.1, 0.15) is 18.5 Å². The van der Waals surface area contributed by atoms with Gasteiger partial charge in [-0.25, -0.2) is 14.2 Å². The van der Waals surface area contributed by atoms with E-state index >= 15 is 0 Å². The lowest BCUT2D eigenvalue weighted by molar-refractivity contribution is -0.139. The maximum atomic E-state index is 13.7. The number of thiazole rings is 1. The number of halogens is 1. The summed E-state index contributed by atoms with van der Waals surface area (Å²) >= 11 is 2.74. The number of esters is 1. The van der Waals surface area contributed by atoms with Crippen molar-refractivity contribution in [2.75, 3.05) is 13.2 Å². The molecule has 0 saturated carbocycles. The minimum absolute atomic E-state index is 0.225. The van der Waals surface area contributed by atoms with Gasteiger partial charge in [0.05, 0.1) is 29.0 Å². The summed E-state index contributed by atoms with van der Waals surface area (Å²) in [6, 6.07) is 14.7. The molecule has 0 amide bonds. The minimum Gasteiger partial charge on any atom is -0.490 e. The quantitative estimate of drug-likeness (QED) is 0.262. The summed E-state index contributed by atoms with van der Waals surface area (Å²) in [6.07, 6.45) is 1.78. The van der Waals surface area contributed by atoms with Crippen LogP contribution in [0.3, 0.4) is 0 Å². The Morgan fingerprint density at radius 3 is 2.58 bits per heavy atom. The molecule has 0 aliphatic carbocycles. The first-order valence-corrected chi connectivity index (χ1v) is 14.5. The first kappa shape index (κ1) is 27.5. The fourth-order valence-electron chi connectivity index (χ4n) is 4.40. The molecular weight excluding hydrogens is 551 g/mol. The number of benzene rings is 2. The Labute approximate surface area is 238 Å². The van der Waals surface area contributed by atoms with E-state index in [1.165, 1.54) is 34.8 Å². The Hall–Kier alpha value is -4.02. The van der Waals surface area contributed by atoms with Gasteiger partial charge in [0, 0.05) is 4.88 Å². The molecule has 10 heteroatoms. The molecule has 1 aliphatic heterocycles. The minimum atomic E-state index is -0.612. The molecule has 1 aliphatic rings. The molecule has 0 radical (unpaired) electrons. The number of thiophene rings is 1. The molecule has 206 valence electrons. The van der Waals surface area contributed by atoms with Gasteiger partial charge in [-0.3, -0.25) is 9.36 Å². The summed E-state index contributed by atoms with van der Waals surface area (Å²) in [6.45, 7) is 6.30. The van der Waals surface area contributed by atoms with Crippen LogP contribution in [0.15, 0.2) is 81.0 Å². The molecule has 1 atom stereocenters. The molecule has 0 unspecified atom stereocenters. The predicted octanol–water partition coefficient (Wildman–Crippen LogP) is 4.98. The van der Waals surface area contributed by atoms with Crippen molar-refractivity contribution in [3.05, 3.63) is 113 Å². The number of hydrogen-bond donors (Lipinski definition) is 0. The Balaban J connectivity index is 1.52. The number of carbonyl (C=O) groups excluding carboxylic acids is 1. The van der Waals surface area contributed by atoms with Gasteiger partial charge in [0.25, 0.3) is 5.56 Å². The van der Waals surface area contributed by atoms with E-state index in [4.69, 9.17) is 14.2 Å². The van der Waals surface area contributed by atoms with Gasteiger partial charge in [-0.05, 0) is 73.7 Å². The molecule has 0 fully saturated rings. The smallest absolute Gasteiger partial charge is 0.338 e. The molecule has 0 N–H and O–H groups in total. The molecule has 0 bridgehead atoms. The zero-order valence-electron chi connectivity index (χ0n) is 22.2. The number of hydrogen-bond acceptors (Lipinski definition) is 8. The van der Waals surface area contributed by atoms with Gasteiger partial charge >= 0.3 is 5.97 Å². The van der Waals surface area contributed by atoms with E-state index < -0.39 is 12.0 Å². The van der Waals surface area contributed by atoms with Gasteiger partial charge in [-0.2, -0.15) is 0 Å². The summed E-state index contributed by atoms with van der Waals surface area (Å²) in [5.74, 6) is 0.289. The Kier molecular flexibility index (Phi) is 8.27. The van der Waals surface area contributed by atoms with Crippen molar-refractivity contribution in [2.45, 2.75) is 33.4 Å². The highest BCUT2D eigenvalue weighted by Crippen LogP contribution is 2.33. The standard InChI is InChI=1S/C30H27FN2O5S2/c1-4-36-23-15-20(10-13-22(23)38-17-19-8-11-21(31)12-9-19)16-25-28(34)33-27(24-7-6-14-39-24)26(29(35)37-5-2)18(3)32-30(33)40-25/h6-16,27H,4-5,17H2,1-3H3/b25-16-/t27-/m0/s1. The summed E-state index contributed by atoms with van der Waals surface area (Å²) in [5.41, 5.74) is 2.23. The Morgan fingerprint density at radius 1 is 1.07 bits per heavy atom. The zero-order valence-corrected chi connectivity index (χ0v) is 23.8. The van der Waals surface area contributed by atoms with Crippen LogP contribution in [0.5, 0.6) is 11.5 Å². The second kappa shape index (κ2) is 12.0. The van der Waals surface area contributed by atoms with Crippen LogP contribution in [-0.2, 0) is 16.1 Å². The lowest BCUT2D eigenvalue weighted by Crippen LogP contribution is -2.39. The van der Waals surface area contributed by atoms with Gasteiger partial charge < -0.3 is 14.2 Å². The van der Waals surface area contributed by atoms with Gasteiger partial charge in [0.2, 0.25) is 0 Å². The molecule has 2 aromatic carbocycles. The first-order valence-electron chi connectivity index (χ1n) is 12.8. The van der Waals surface area contributed by atoms with E-state index in [0.717, 1.165) is 16.0 Å². The van der Waals surface area contributed by atoms with E-state index in [1.807, 2.05) is 36.6 Å². The topological polar surface area (TPSA) is 79.1 Å². The highest BCUT2D eigenvalue weighted by atomic mass is 32.1. The van der Waals surface area contributed by atoms with Crippen LogP contribution in [-0.4, -0.2) is 23.8 Å². The number of nitrogens with zero attached hydrogens (tertiary/aromatic N) is 2. The number of carbonyl (C=O) groups is 1. The maximum Gasteiger partial charge on any atom is 0.338 e. The largest absolute Gasteiger partial charge is 0.490 e. The monoisotopic (exact) mass is 578 g/mol. The molecule has 4 aromatic rings. The van der Waals surface area contributed by atoms with Crippen molar-refractivity contribution in [1.29, 1.82) is 0 Å². The van der Waals surface area contributed by atoms with E-state index in [1.54, 1.807) is 42.7 Å². The van der Waals surface area contributed by atoms with Crippen molar-refractivity contribution in [3.8, 4) is 11.5 Å². The SMILES string of the molecule is CCOC(=O)C1=C(C)N=c2s/c(=C\c3ccc(OCc4ccc(F)cc4)c(OCC)c3)c(=O)n2[C@H]1c1cccs1. The zero-order chi connectivity index (χ0) is 28.2. The van der Waals surface area contributed by atoms with Crippen molar-refractivity contribution in [2.24, 2.45) is 4.99 Å². The summed E-state index contributed by atoms with van der Waals surface area (Å²) in [5, 5.41) is 1.91. The molecule has 2 aromatic heterocycles. The van der Waals surface area contributed by atoms with Crippen LogP contribution < -0.4 is 24.4 Å². The average molecular weight is 579 g/mol. The number of fused-ring (bicyclic) bond motifs is 1. The van der Waals surface area contributed by atoms with Crippen molar-refractivity contribution < 1.29 is 23.4 Å². The number of rotatable bonds is 9. The van der Waals surface area contributed by atoms with E-state index in [0.29, 0.717) is 38.7 Å². The van der Waals surface area contributed by atoms with Gasteiger partial charge in [-0.1, -0.05) is 35.6 Å². The second-order valence-corrected chi connectivity index (χ2v) is 10.9. The molecule has 40 heavy (non-hydrogen) atoms. The number of aromatic nitrogens is 1. The number of ether oxygens (including phenoxy) is 3. The highest BCUT2D eigenvalue weighted by Gasteiger charge is 2.33. The van der Waals surface area contributed by atoms with Crippen LogP contribution in [0.2, 0.25) is 0 Å². The van der Waals surface area contributed by atoms with E-state index in [2.05, 4.69) is 4.99 Å². The van der Waals surface area contributed by atoms with Gasteiger partial charge in [-0.15, -0.1) is 11.3 Å². The molecule has 7 nitrogen and oxygen atoms in total. The summed E-state index contributed by atoms with van der Waals surface area (Å²) < 4.78 is 32.4. The van der Waals surface area contributed by atoms with Crippen LogP contribution in [0.4, 0.5) is 4.39 Å². The first-order chi connectivity index (χ1) is 19.4. The molecule has 0 spiro atoms. The second-order valence-electron chi connectivity index (χ2n) is 8.87. The van der Waals surface area contributed by atoms with Crippen molar-refractivity contribution in [3.63, 3.8) is 0 Å². The summed E-state index contributed by atoms with van der Waals surface area (Å²) in [7, 11) is 0. The molecular formula is C30H27FN2O5S2. The van der Waals surface area contributed by atoms with Crippen LogP contribution in [0, 0.1) is 5.82 Å². The third kappa shape index (κ3) is 5.64. The van der Waals surface area contributed by atoms with Crippen LogP contribution in [0.1, 0.15) is 42.8 Å². The van der Waals surface area contributed by atoms with E-state index in [9.17, 15) is 14.0 Å².